The maximum atomic E-state index is 12.0. The van der Waals surface area contributed by atoms with Gasteiger partial charge in [0.1, 0.15) is 11.9 Å². The lowest BCUT2D eigenvalue weighted by molar-refractivity contribution is 0.119. The highest BCUT2D eigenvalue weighted by Crippen LogP contribution is 2.28. The van der Waals surface area contributed by atoms with E-state index in [4.69, 9.17) is 4.74 Å². The van der Waals surface area contributed by atoms with Crippen LogP contribution in [-0.4, -0.2) is 60.7 Å². The number of nitrogens with zero attached hydrogens (tertiary/aromatic N) is 2. The molecule has 2 atom stereocenters. The Hall–Kier alpha value is -1.75. The number of urea groups is 1. The van der Waals surface area contributed by atoms with E-state index in [0.717, 1.165) is 64.2 Å². The zero-order valence-electron chi connectivity index (χ0n) is 13.5. The molecule has 4 rings (SSSR count). The smallest absolute Gasteiger partial charge is 0.317 e. The summed E-state index contributed by atoms with van der Waals surface area (Å²) in [6.07, 6.45) is 4.61. The summed E-state index contributed by atoms with van der Waals surface area (Å²) in [7, 11) is 0. The number of likely N-dealkylation sites (tertiary alicyclic amines) is 1. The summed E-state index contributed by atoms with van der Waals surface area (Å²) < 4.78 is 6.16. The first-order chi connectivity index (χ1) is 11.3. The number of carbonyl (C=O) groups excluding carboxylic acids is 1. The summed E-state index contributed by atoms with van der Waals surface area (Å²) in [6, 6.07) is 8.84. The van der Waals surface area contributed by atoms with E-state index in [1.807, 2.05) is 11.0 Å². The second-order valence-corrected chi connectivity index (χ2v) is 6.87. The van der Waals surface area contributed by atoms with Gasteiger partial charge in [-0.05, 0) is 37.3 Å². The van der Waals surface area contributed by atoms with Gasteiger partial charge in [-0.1, -0.05) is 18.2 Å². The minimum atomic E-state index is 0.117. The predicted molar refractivity (Wildman–Crippen MR) is 88.7 cm³/mol. The maximum Gasteiger partial charge on any atom is 0.317 e. The Kier molecular flexibility index (Phi) is 4.12. The Bertz CT molecular complexity index is 577. The van der Waals surface area contributed by atoms with Gasteiger partial charge in [-0.2, -0.15) is 0 Å². The van der Waals surface area contributed by atoms with Crippen LogP contribution >= 0.6 is 0 Å². The van der Waals surface area contributed by atoms with Crippen LogP contribution < -0.4 is 10.1 Å². The molecule has 1 N–H and O–H groups in total. The summed E-state index contributed by atoms with van der Waals surface area (Å²) >= 11 is 0. The van der Waals surface area contributed by atoms with E-state index in [1.54, 1.807) is 0 Å². The molecule has 3 aliphatic heterocycles. The Balaban J connectivity index is 1.32. The highest BCUT2D eigenvalue weighted by molar-refractivity contribution is 5.75. The topological polar surface area (TPSA) is 44.8 Å². The Morgan fingerprint density at radius 3 is 3.04 bits per heavy atom. The summed E-state index contributed by atoms with van der Waals surface area (Å²) in [5, 5.41) is 2.96. The Morgan fingerprint density at radius 2 is 2.13 bits per heavy atom. The number of ether oxygens (including phenoxy) is 1. The van der Waals surface area contributed by atoms with E-state index in [9.17, 15) is 4.79 Å². The van der Waals surface area contributed by atoms with Crippen molar-refractivity contribution in [3.63, 3.8) is 0 Å². The molecule has 0 bridgehead atoms. The minimum absolute atomic E-state index is 0.117. The van der Waals surface area contributed by atoms with Gasteiger partial charge in [-0.25, -0.2) is 4.79 Å². The van der Waals surface area contributed by atoms with Gasteiger partial charge < -0.3 is 15.0 Å². The average Bonchev–Trinajstić information content (AvgIpc) is 3.03. The van der Waals surface area contributed by atoms with Crippen molar-refractivity contribution in [1.82, 2.24) is 15.1 Å². The third kappa shape index (κ3) is 3.15. The van der Waals surface area contributed by atoms with Crippen molar-refractivity contribution in [3.05, 3.63) is 29.8 Å². The van der Waals surface area contributed by atoms with Gasteiger partial charge in [0.25, 0.3) is 0 Å². The SMILES string of the molecule is O=C1NCCCN1C1CCN(CC2CCc3ccccc3O2)C1. The molecular weight excluding hydrogens is 290 g/mol. The normalized spacial score (nSPS) is 28.2. The van der Waals surface area contributed by atoms with Gasteiger partial charge >= 0.3 is 6.03 Å². The van der Waals surface area contributed by atoms with Crippen LogP contribution in [0.15, 0.2) is 24.3 Å². The van der Waals surface area contributed by atoms with Crippen LogP contribution in [0, 0.1) is 0 Å². The molecule has 1 aromatic rings. The molecule has 0 saturated carbocycles. The second kappa shape index (κ2) is 6.40. The lowest BCUT2D eigenvalue weighted by Crippen LogP contribution is -2.52. The van der Waals surface area contributed by atoms with E-state index in [2.05, 4.69) is 28.4 Å². The average molecular weight is 315 g/mol. The number of carbonyl (C=O) groups is 1. The van der Waals surface area contributed by atoms with Gasteiger partial charge in [0, 0.05) is 38.8 Å². The van der Waals surface area contributed by atoms with E-state index in [0.29, 0.717) is 6.04 Å². The molecule has 5 heteroatoms. The van der Waals surface area contributed by atoms with Crippen molar-refractivity contribution in [2.24, 2.45) is 0 Å². The largest absolute Gasteiger partial charge is 0.489 e. The van der Waals surface area contributed by atoms with E-state index >= 15 is 0 Å². The molecule has 0 aromatic heterocycles. The van der Waals surface area contributed by atoms with Gasteiger partial charge in [-0.15, -0.1) is 0 Å². The zero-order chi connectivity index (χ0) is 15.6. The summed E-state index contributed by atoms with van der Waals surface area (Å²) in [5.74, 6) is 1.05. The van der Waals surface area contributed by atoms with Gasteiger partial charge in [0.05, 0.1) is 0 Å². The molecule has 3 aliphatic rings. The molecule has 3 heterocycles. The second-order valence-electron chi connectivity index (χ2n) is 6.87. The first-order valence-corrected chi connectivity index (χ1v) is 8.81. The number of para-hydroxylation sites is 1. The Labute approximate surface area is 137 Å². The van der Waals surface area contributed by atoms with E-state index < -0.39 is 0 Å². The fourth-order valence-corrected chi connectivity index (χ4v) is 4.03. The summed E-state index contributed by atoms with van der Waals surface area (Å²) in [5.41, 5.74) is 1.33. The third-order valence-electron chi connectivity index (χ3n) is 5.26. The predicted octanol–water partition coefficient (Wildman–Crippen LogP) is 1.87. The first kappa shape index (κ1) is 14.8. The van der Waals surface area contributed by atoms with E-state index in [1.165, 1.54) is 5.56 Å². The molecule has 0 aliphatic carbocycles. The number of amides is 2. The summed E-state index contributed by atoms with van der Waals surface area (Å²) in [4.78, 5) is 16.5. The van der Waals surface area contributed by atoms with Crippen LogP contribution in [-0.2, 0) is 6.42 Å². The quantitative estimate of drug-likeness (QED) is 0.926. The number of hydrogen-bond acceptors (Lipinski definition) is 3. The van der Waals surface area contributed by atoms with Crippen molar-refractivity contribution >= 4 is 6.03 Å². The molecular formula is C18H25N3O2. The van der Waals surface area contributed by atoms with Crippen molar-refractivity contribution < 1.29 is 9.53 Å². The summed E-state index contributed by atoms with van der Waals surface area (Å²) in [6.45, 7) is 4.74. The number of aryl methyl sites for hydroxylation is 1. The molecule has 0 spiro atoms. The monoisotopic (exact) mass is 315 g/mol. The lowest BCUT2D eigenvalue weighted by atomic mass is 10.0. The molecule has 23 heavy (non-hydrogen) atoms. The highest BCUT2D eigenvalue weighted by atomic mass is 16.5. The molecule has 5 nitrogen and oxygen atoms in total. The van der Waals surface area contributed by atoms with Crippen LogP contribution in [0.5, 0.6) is 5.75 Å². The molecule has 124 valence electrons. The zero-order valence-corrected chi connectivity index (χ0v) is 13.5. The van der Waals surface area contributed by atoms with Crippen LogP contribution in [0.2, 0.25) is 0 Å². The van der Waals surface area contributed by atoms with Gasteiger partial charge in [0.2, 0.25) is 0 Å². The standard InChI is InChI=1S/C18H25N3O2/c22-18-19-9-3-10-21(18)15-8-11-20(12-15)13-16-7-6-14-4-1-2-5-17(14)23-16/h1-2,4-5,15-16H,3,6-13H2,(H,19,22). The fourth-order valence-electron chi connectivity index (χ4n) is 4.03. The molecule has 0 radical (unpaired) electrons. The number of nitrogens with one attached hydrogen (secondary N) is 1. The molecule has 2 fully saturated rings. The maximum absolute atomic E-state index is 12.0. The lowest BCUT2D eigenvalue weighted by Gasteiger charge is -2.33. The van der Waals surface area contributed by atoms with Crippen molar-refractivity contribution in [1.29, 1.82) is 0 Å². The number of benzene rings is 1. The van der Waals surface area contributed by atoms with E-state index in [-0.39, 0.29) is 12.1 Å². The van der Waals surface area contributed by atoms with Crippen molar-refractivity contribution in [3.8, 4) is 5.75 Å². The number of fused-ring (bicyclic) bond motifs is 1. The highest BCUT2D eigenvalue weighted by Gasteiger charge is 2.33. The molecule has 2 saturated heterocycles. The van der Waals surface area contributed by atoms with Gasteiger partial charge in [0.15, 0.2) is 0 Å². The molecule has 2 unspecified atom stereocenters. The number of rotatable bonds is 3. The number of hydrogen-bond donors (Lipinski definition) is 1. The fraction of sp³-hybridized carbons (Fsp3) is 0.611. The van der Waals surface area contributed by atoms with Crippen LogP contribution in [0.1, 0.15) is 24.8 Å². The first-order valence-electron chi connectivity index (χ1n) is 8.81. The van der Waals surface area contributed by atoms with Crippen molar-refractivity contribution in [2.75, 3.05) is 32.7 Å². The van der Waals surface area contributed by atoms with Gasteiger partial charge in [-0.3, -0.25) is 4.90 Å². The minimum Gasteiger partial charge on any atom is -0.489 e. The third-order valence-corrected chi connectivity index (χ3v) is 5.26. The van der Waals surface area contributed by atoms with Crippen LogP contribution in [0.3, 0.4) is 0 Å². The molecule has 2 amide bonds. The van der Waals surface area contributed by atoms with Crippen LogP contribution in [0.4, 0.5) is 4.79 Å². The van der Waals surface area contributed by atoms with Crippen LogP contribution in [0.25, 0.3) is 0 Å². The Morgan fingerprint density at radius 1 is 1.22 bits per heavy atom. The van der Waals surface area contributed by atoms with Crippen molar-refractivity contribution in [2.45, 2.75) is 37.8 Å². The molecule has 1 aromatic carbocycles.